The van der Waals surface area contributed by atoms with Gasteiger partial charge in [0.2, 0.25) is 0 Å². The molecule has 0 unspecified atom stereocenters. The molecule has 0 bridgehead atoms. The predicted molar refractivity (Wildman–Crippen MR) is 91.0 cm³/mol. The van der Waals surface area contributed by atoms with Gasteiger partial charge in [-0.1, -0.05) is 13.8 Å². The third kappa shape index (κ3) is 1.89. The largest absolute Gasteiger partial charge is 0.393 e. The Bertz CT molecular complexity index is 512. The summed E-state index contributed by atoms with van der Waals surface area (Å²) in [6, 6.07) is 0. The highest BCUT2D eigenvalue weighted by molar-refractivity contribution is 5.14. The Morgan fingerprint density at radius 1 is 0.913 bits per heavy atom. The summed E-state index contributed by atoms with van der Waals surface area (Å²) in [5, 5.41) is 10.3. The van der Waals surface area contributed by atoms with Gasteiger partial charge in [-0.15, -0.1) is 0 Å². The van der Waals surface area contributed by atoms with Crippen molar-refractivity contribution in [2.75, 3.05) is 6.61 Å². The van der Waals surface area contributed by atoms with Gasteiger partial charge in [-0.25, -0.2) is 0 Å². The van der Waals surface area contributed by atoms with Crippen LogP contribution in [0.4, 0.5) is 0 Å². The normalized spacial score (nSPS) is 64.2. The molecule has 0 amide bonds. The van der Waals surface area contributed by atoms with E-state index in [0.717, 1.165) is 49.0 Å². The maximum absolute atomic E-state index is 10.3. The molecule has 5 rings (SSSR count). The maximum Gasteiger partial charge on any atom is 0.0921 e. The highest BCUT2D eigenvalue weighted by Gasteiger charge is 2.65. The van der Waals surface area contributed by atoms with Crippen molar-refractivity contribution in [2.45, 2.75) is 83.8 Å². The predicted octanol–water partition coefficient (Wildman–Crippen LogP) is 4.41. The first-order valence-corrected chi connectivity index (χ1v) is 10.2. The van der Waals surface area contributed by atoms with Gasteiger partial charge in [0.25, 0.3) is 0 Å². The molecule has 130 valence electrons. The van der Waals surface area contributed by atoms with Crippen molar-refractivity contribution >= 4 is 0 Å². The zero-order valence-corrected chi connectivity index (χ0v) is 15.2. The quantitative estimate of drug-likeness (QED) is 0.727. The van der Waals surface area contributed by atoms with Crippen LogP contribution in [-0.2, 0) is 4.74 Å². The van der Waals surface area contributed by atoms with E-state index in [1.54, 1.807) is 0 Å². The van der Waals surface area contributed by atoms with Gasteiger partial charge in [0.05, 0.1) is 18.3 Å². The Balaban J connectivity index is 1.45. The summed E-state index contributed by atoms with van der Waals surface area (Å²) < 4.78 is 5.90. The van der Waals surface area contributed by atoms with Crippen LogP contribution in [0.15, 0.2) is 0 Å². The van der Waals surface area contributed by atoms with Crippen molar-refractivity contribution < 1.29 is 9.84 Å². The van der Waals surface area contributed by atoms with Gasteiger partial charge in [-0.2, -0.15) is 0 Å². The Morgan fingerprint density at radius 3 is 2.39 bits per heavy atom. The van der Waals surface area contributed by atoms with Crippen molar-refractivity contribution in [2.24, 2.45) is 40.4 Å². The van der Waals surface area contributed by atoms with E-state index < -0.39 is 0 Å². The van der Waals surface area contributed by atoms with Crippen LogP contribution >= 0.6 is 0 Å². The summed E-state index contributed by atoms with van der Waals surface area (Å²) in [4.78, 5) is 0. The molecule has 2 heteroatoms. The fourth-order valence-electron chi connectivity index (χ4n) is 8.48. The number of aliphatic hydroxyl groups is 1. The number of fused-ring (bicyclic) bond motifs is 5. The summed E-state index contributed by atoms with van der Waals surface area (Å²) in [6.07, 6.45) is 10.6. The molecular weight excluding hydrogens is 284 g/mol. The zero-order valence-electron chi connectivity index (χ0n) is 15.2. The lowest BCUT2D eigenvalue weighted by Crippen LogP contribution is -2.51. The van der Waals surface area contributed by atoms with Crippen molar-refractivity contribution in [1.29, 1.82) is 0 Å². The number of ether oxygens (including phenoxy) is 1. The Kier molecular flexibility index (Phi) is 3.01. The lowest BCUT2D eigenvalue weighted by atomic mass is 9.47. The lowest BCUT2D eigenvalue weighted by Gasteiger charge is -2.58. The van der Waals surface area contributed by atoms with Crippen LogP contribution in [-0.4, -0.2) is 23.4 Å². The molecule has 1 heterocycles. The molecule has 9 atom stereocenters. The average Bonchev–Trinajstić information content (AvgIpc) is 2.99. The first-order chi connectivity index (χ1) is 10.9. The minimum Gasteiger partial charge on any atom is -0.393 e. The second-order valence-corrected chi connectivity index (χ2v) is 10.5. The number of rotatable bonds is 1. The summed E-state index contributed by atoms with van der Waals surface area (Å²) in [5.74, 6) is 4.31. The molecule has 1 saturated heterocycles. The van der Waals surface area contributed by atoms with E-state index in [1.807, 2.05) is 0 Å². The monoisotopic (exact) mass is 318 g/mol. The fraction of sp³-hybridized carbons (Fsp3) is 1.00. The molecule has 0 spiro atoms. The third-order valence-electron chi connectivity index (χ3n) is 9.63. The second kappa shape index (κ2) is 4.55. The SMILES string of the molecule is C[C@]12C[C@H](O)C[C@@H]1CC[C@@H]1[C@@H]2CC[C@@]2(C)[C@H]1CC[C@@H]2[C@]1(C)CO1. The highest BCUT2D eigenvalue weighted by atomic mass is 16.6. The van der Waals surface area contributed by atoms with Crippen LogP contribution in [0.3, 0.4) is 0 Å². The van der Waals surface area contributed by atoms with Crippen LogP contribution in [0.2, 0.25) is 0 Å². The third-order valence-corrected chi connectivity index (χ3v) is 9.63. The van der Waals surface area contributed by atoms with Crippen LogP contribution in [0, 0.1) is 40.4 Å². The maximum atomic E-state index is 10.3. The first-order valence-electron chi connectivity index (χ1n) is 10.2. The van der Waals surface area contributed by atoms with Gasteiger partial charge in [0, 0.05) is 0 Å². The fourth-order valence-corrected chi connectivity index (χ4v) is 8.48. The van der Waals surface area contributed by atoms with Gasteiger partial charge in [-0.3, -0.25) is 0 Å². The first kappa shape index (κ1) is 15.2. The topological polar surface area (TPSA) is 32.8 Å². The van der Waals surface area contributed by atoms with Crippen LogP contribution < -0.4 is 0 Å². The number of hydrogen-bond donors (Lipinski definition) is 1. The minimum atomic E-state index is -0.0211. The average molecular weight is 319 g/mol. The van der Waals surface area contributed by atoms with E-state index in [9.17, 15) is 5.11 Å². The van der Waals surface area contributed by atoms with Crippen molar-refractivity contribution in [3.8, 4) is 0 Å². The Morgan fingerprint density at radius 2 is 1.65 bits per heavy atom. The Hall–Kier alpha value is -0.0800. The van der Waals surface area contributed by atoms with E-state index in [0.29, 0.717) is 10.8 Å². The number of epoxide rings is 1. The Labute approximate surface area is 141 Å². The van der Waals surface area contributed by atoms with Crippen molar-refractivity contribution in [1.82, 2.24) is 0 Å². The van der Waals surface area contributed by atoms with Crippen LogP contribution in [0.5, 0.6) is 0 Å². The molecule has 1 aliphatic heterocycles. The molecule has 0 aromatic heterocycles. The molecule has 0 radical (unpaired) electrons. The second-order valence-electron chi connectivity index (χ2n) is 10.5. The van der Waals surface area contributed by atoms with Crippen molar-refractivity contribution in [3.63, 3.8) is 0 Å². The van der Waals surface area contributed by atoms with Crippen molar-refractivity contribution in [3.05, 3.63) is 0 Å². The molecule has 4 saturated carbocycles. The smallest absolute Gasteiger partial charge is 0.0921 e. The molecule has 0 aromatic carbocycles. The highest BCUT2D eigenvalue weighted by Crippen LogP contribution is 2.70. The summed E-state index contributed by atoms with van der Waals surface area (Å²) in [5.41, 5.74) is 1.16. The molecule has 0 aromatic rings. The summed E-state index contributed by atoms with van der Waals surface area (Å²) in [6.45, 7) is 8.50. The van der Waals surface area contributed by atoms with Crippen LogP contribution in [0.25, 0.3) is 0 Å². The molecule has 4 aliphatic carbocycles. The van der Waals surface area contributed by atoms with E-state index in [2.05, 4.69) is 20.8 Å². The number of hydrogen-bond acceptors (Lipinski definition) is 2. The molecule has 5 aliphatic rings. The van der Waals surface area contributed by atoms with Gasteiger partial charge in [0.1, 0.15) is 0 Å². The summed E-state index contributed by atoms with van der Waals surface area (Å²) >= 11 is 0. The molecule has 5 fully saturated rings. The van der Waals surface area contributed by atoms with Gasteiger partial charge in [-0.05, 0) is 98.7 Å². The lowest BCUT2D eigenvalue weighted by molar-refractivity contribution is -0.0925. The van der Waals surface area contributed by atoms with Gasteiger partial charge >= 0.3 is 0 Å². The van der Waals surface area contributed by atoms with Crippen LogP contribution in [0.1, 0.15) is 72.1 Å². The minimum absolute atomic E-state index is 0.0211. The molecule has 23 heavy (non-hydrogen) atoms. The number of aliphatic hydroxyl groups excluding tert-OH is 1. The standard InChI is InChI=1S/C21H34O2/c1-19-9-8-17-15(5-4-13-10-14(22)11-20(13,17)2)16(19)6-7-18(19)21(3)12-23-21/h13-18,22H,4-12H2,1-3H3/t13-,14+,15-,16-,17-,18-,19-,20-,21-/m0/s1. The molecule has 1 N–H and O–H groups in total. The molecular formula is C21H34O2. The van der Waals surface area contributed by atoms with E-state index in [-0.39, 0.29) is 11.7 Å². The van der Waals surface area contributed by atoms with Gasteiger partial charge in [0.15, 0.2) is 0 Å². The van der Waals surface area contributed by atoms with E-state index in [1.165, 1.54) is 38.5 Å². The van der Waals surface area contributed by atoms with E-state index in [4.69, 9.17) is 4.74 Å². The summed E-state index contributed by atoms with van der Waals surface area (Å²) in [7, 11) is 0. The van der Waals surface area contributed by atoms with Gasteiger partial charge < -0.3 is 9.84 Å². The zero-order chi connectivity index (χ0) is 16.0. The molecule has 2 nitrogen and oxygen atoms in total. The van der Waals surface area contributed by atoms with E-state index >= 15 is 0 Å².